The fourth-order valence-electron chi connectivity index (χ4n) is 5.35. The highest BCUT2D eigenvalue weighted by Crippen LogP contribution is 2.35. The number of carbonyl (C=O) groups is 1. The number of methoxy groups -OCH3 is 1. The Morgan fingerprint density at radius 2 is 1.76 bits per heavy atom. The number of aromatic carboxylic acids is 1. The van der Waals surface area contributed by atoms with Crippen LogP contribution in [0, 0.1) is 5.92 Å². The molecule has 2 aromatic heterocycles. The molecule has 1 atom stereocenters. The first-order valence-corrected chi connectivity index (χ1v) is 13.6. The molecule has 42 heavy (non-hydrogen) atoms. The summed E-state index contributed by atoms with van der Waals surface area (Å²) < 4.78 is 46.9. The third kappa shape index (κ3) is 5.22. The lowest BCUT2D eigenvalue weighted by molar-refractivity contribution is -0.137. The topological polar surface area (TPSA) is 102 Å². The molecule has 0 amide bonds. The molecule has 0 spiro atoms. The summed E-state index contributed by atoms with van der Waals surface area (Å²) in [4.78, 5) is 25.3. The van der Waals surface area contributed by atoms with Crippen molar-refractivity contribution in [3.63, 3.8) is 0 Å². The number of hydrogen-bond donors (Lipinski definition) is 2. The number of nitrogens with one attached hydrogen (secondary N) is 1. The van der Waals surface area contributed by atoms with Gasteiger partial charge in [0.2, 0.25) is 5.82 Å². The zero-order valence-corrected chi connectivity index (χ0v) is 22.9. The van der Waals surface area contributed by atoms with Gasteiger partial charge in [-0.1, -0.05) is 36.8 Å². The summed E-state index contributed by atoms with van der Waals surface area (Å²) in [5.41, 5.74) is 1.26. The van der Waals surface area contributed by atoms with E-state index in [1.165, 1.54) is 12.1 Å². The van der Waals surface area contributed by atoms with Gasteiger partial charge in [-0.3, -0.25) is 0 Å². The van der Waals surface area contributed by atoms with Crippen LogP contribution in [0.2, 0.25) is 0 Å². The first-order valence-electron chi connectivity index (χ1n) is 13.6. The predicted octanol–water partition coefficient (Wildman–Crippen LogP) is 7.02. The maximum atomic E-state index is 13.2. The van der Waals surface area contributed by atoms with Crippen molar-refractivity contribution in [3.05, 3.63) is 77.6 Å². The van der Waals surface area contributed by atoms with Gasteiger partial charge in [-0.15, -0.1) is 0 Å². The van der Waals surface area contributed by atoms with Gasteiger partial charge < -0.3 is 19.7 Å². The zero-order valence-electron chi connectivity index (χ0n) is 22.9. The minimum absolute atomic E-state index is 0.0204. The minimum Gasteiger partial charge on any atom is -0.497 e. The smallest absolute Gasteiger partial charge is 0.416 e. The summed E-state index contributed by atoms with van der Waals surface area (Å²) in [6.07, 6.45) is -1.19. The number of alkyl halides is 3. The Morgan fingerprint density at radius 1 is 1.05 bits per heavy atom. The molecule has 0 aliphatic heterocycles. The Labute approximate surface area is 239 Å². The van der Waals surface area contributed by atoms with Gasteiger partial charge in [0.25, 0.3) is 0 Å². The lowest BCUT2D eigenvalue weighted by Gasteiger charge is -2.32. The molecule has 0 radical (unpaired) electrons. The first-order chi connectivity index (χ1) is 20.1. The molecule has 0 saturated heterocycles. The van der Waals surface area contributed by atoms with Crippen LogP contribution in [0.1, 0.15) is 47.9 Å². The number of anilines is 1. The molecule has 11 heteroatoms. The lowest BCUT2D eigenvalue weighted by atomic mass is 9.80. The lowest BCUT2D eigenvalue weighted by Crippen LogP contribution is -2.31. The number of hydrogen-bond acceptors (Lipinski definition) is 6. The van der Waals surface area contributed by atoms with E-state index < -0.39 is 17.7 Å². The number of carboxylic acids is 1. The van der Waals surface area contributed by atoms with Crippen molar-refractivity contribution in [3.8, 4) is 17.1 Å². The molecular weight excluding hydrogens is 547 g/mol. The SMILES string of the molecule is COc1ccc2cc(-c3nc4nc(C(=O)O)nc(NC(C)C5CCC5)c4n3Cc3ccc(C(F)(F)F)cc3)ccc2c1. The normalized spacial score (nSPS) is 14.6. The number of nitrogens with zero attached hydrogens (tertiary/aromatic N) is 4. The fraction of sp³-hybridized carbons (Fsp3) is 0.290. The van der Waals surface area contributed by atoms with E-state index in [1.807, 2.05) is 47.9 Å². The van der Waals surface area contributed by atoms with Gasteiger partial charge in [0.15, 0.2) is 11.5 Å². The number of fused-ring (bicyclic) bond motifs is 2. The molecule has 8 nitrogen and oxygen atoms in total. The summed E-state index contributed by atoms with van der Waals surface area (Å²) in [7, 11) is 1.60. The second-order valence-corrected chi connectivity index (χ2v) is 10.6. The van der Waals surface area contributed by atoms with E-state index in [2.05, 4.69) is 15.3 Å². The average molecular weight is 576 g/mol. The number of benzene rings is 3. The largest absolute Gasteiger partial charge is 0.497 e. The van der Waals surface area contributed by atoms with Crippen molar-refractivity contribution < 1.29 is 27.8 Å². The Kier molecular flexibility index (Phi) is 6.96. The van der Waals surface area contributed by atoms with Crippen LogP contribution in [-0.4, -0.2) is 43.7 Å². The highest BCUT2D eigenvalue weighted by molar-refractivity contribution is 5.93. The van der Waals surface area contributed by atoms with Gasteiger partial charge in [-0.05, 0) is 72.4 Å². The Balaban J connectivity index is 1.53. The van der Waals surface area contributed by atoms with Gasteiger partial charge in [-0.25, -0.2) is 19.7 Å². The van der Waals surface area contributed by atoms with Crippen molar-refractivity contribution >= 4 is 33.7 Å². The van der Waals surface area contributed by atoms with E-state index in [9.17, 15) is 23.1 Å². The molecule has 1 unspecified atom stereocenters. The average Bonchev–Trinajstić information content (AvgIpc) is 3.29. The third-order valence-electron chi connectivity index (χ3n) is 7.94. The summed E-state index contributed by atoms with van der Waals surface area (Å²) in [5, 5.41) is 15.0. The first kappa shape index (κ1) is 27.5. The standard InChI is InChI=1S/C31H28F3N5O3/c1-17(19-4-3-5-19)35-26-25-27(37-28(36-26)30(40)41)38-29(22-9-8-21-15-24(42-2)13-10-20(21)14-22)39(25)16-18-6-11-23(12-7-18)31(32,33)34/h6-15,17,19H,3-5,16H2,1-2H3,(H,40,41)(H,35,36,37). The van der Waals surface area contributed by atoms with Crippen LogP contribution in [0.5, 0.6) is 5.75 Å². The van der Waals surface area contributed by atoms with Crippen LogP contribution in [0.25, 0.3) is 33.3 Å². The molecule has 1 saturated carbocycles. The number of rotatable bonds is 8. The molecule has 6 rings (SSSR count). The number of ether oxygens (including phenoxy) is 1. The summed E-state index contributed by atoms with van der Waals surface area (Å²) in [6.45, 7) is 2.19. The van der Waals surface area contributed by atoms with Gasteiger partial charge in [0.05, 0.1) is 12.7 Å². The van der Waals surface area contributed by atoms with Crippen LogP contribution in [-0.2, 0) is 12.7 Å². The van der Waals surface area contributed by atoms with Crippen LogP contribution in [0.4, 0.5) is 19.0 Å². The van der Waals surface area contributed by atoms with Gasteiger partial charge in [0.1, 0.15) is 17.1 Å². The highest BCUT2D eigenvalue weighted by Gasteiger charge is 2.30. The fourth-order valence-corrected chi connectivity index (χ4v) is 5.35. The van der Waals surface area contributed by atoms with Crippen molar-refractivity contribution in [2.24, 2.45) is 5.92 Å². The van der Waals surface area contributed by atoms with E-state index in [0.29, 0.717) is 28.6 Å². The number of carboxylic acid groups (broad SMARTS) is 1. The Morgan fingerprint density at radius 3 is 2.40 bits per heavy atom. The molecule has 1 aliphatic carbocycles. The number of imidazole rings is 1. The second kappa shape index (κ2) is 10.6. The van der Waals surface area contributed by atoms with Gasteiger partial charge >= 0.3 is 12.1 Å². The highest BCUT2D eigenvalue weighted by atomic mass is 19.4. The van der Waals surface area contributed by atoms with E-state index in [4.69, 9.17) is 9.72 Å². The molecule has 2 N–H and O–H groups in total. The third-order valence-corrected chi connectivity index (χ3v) is 7.94. The van der Waals surface area contributed by atoms with Crippen LogP contribution in [0.15, 0.2) is 60.7 Å². The molecular formula is C31H28F3N5O3. The van der Waals surface area contributed by atoms with Crippen LogP contribution >= 0.6 is 0 Å². The summed E-state index contributed by atoms with van der Waals surface area (Å²) in [6, 6.07) is 16.5. The number of aromatic nitrogens is 4. The van der Waals surface area contributed by atoms with Crippen molar-refractivity contribution in [2.45, 2.75) is 44.9 Å². The minimum atomic E-state index is -4.45. The van der Waals surface area contributed by atoms with E-state index >= 15 is 0 Å². The van der Waals surface area contributed by atoms with Crippen LogP contribution < -0.4 is 10.1 Å². The van der Waals surface area contributed by atoms with Crippen molar-refractivity contribution in [1.29, 1.82) is 0 Å². The van der Waals surface area contributed by atoms with Crippen molar-refractivity contribution in [2.75, 3.05) is 12.4 Å². The second-order valence-electron chi connectivity index (χ2n) is 10.6. The molecule has 2 heterocycles. The quantitative estimate of drug-likeness (QED) is 0.205. The summed E-state index contributed by atoms with van der Waals surface area (Å²) >= 11 is 0. The number of halogens is 3. The molecule has 1 aliphatic rings. The van der Waals surface area contributed by atoms with Crippen LogP contribution in [0.3, 0.4) is 0 Å². The molecule has 216 valence electrons. The Hall–Kier alpha value is -4.67. The molecule has 1 fully saturated rings. The monoisotopic (exact) mass is 575 g/mol. The summed E-state index contributed by atoms with van der Waals surface area (Å²) in [5.74, 6) is 0.285. The Bertz CT molecular complexity index is 1800. The van der Waals surface area contributed by atoms with E-state index in [-0.39, 0.29) is 24.1 Å². The maximum Gasteiger partial charge on any atom is 0.416 e. The van der Waals surface area contributed by atoms with Crippen molar-refractivity contribution in [1.82, 2.24) is 19.5 Å². The zero-order chi connectivity index (χ0) is 29.6. The van der Waals surface area contributed by atoms with Gasteiger partial charge in [-0.2, -0.15) is 13.2 Å². The molecule has 3 aromatic carbocycles. The van der Waals surface area contributed by atoms with E-state index in [0.717, 1.165) is 53.5 Å². The predicted molar refractivity (Wildman–Crippen MR) is 153 cm³/mol. The molecule has 0 bridgehead atoms. The maximum absolute atomic E-state index is 13.2. The van der Waals surface area contributed by atoms with E-state index in [1.54, 1.807) is 7.11 Å². The van der Waals surface area contributed by atoms with Gasteiger partial charge in [0, 0.05) is 18.2 Å². The molecule has 5 aromatic rings.